The Morgan fingerprint density at radius 1 is 1.05 bits per heavy atom. The largest absolute Gasteiger partial charge is 0.384 e. The molecule has 1 aromatic heterocycles. The number of hydrogen-bond donors (Lipinski definition) is 2. The summed E-state index contributed by atoms with van der Waals surface area (Å²) in [6, 6.07) is 10.0. The third kappa shape index (κ3) is 2.76. The highest BCUT2D eigenvalue weighted by Crippen LogP contribution is 2.23. The summed E-state index contributed by atoms with van der Waals surface area (Å²) in [5, 5.41) is 3.14. The van der Waals surface area contributed by atoms with E-state index in [1.165, 1.54) is 18.5 Å². The Labute approximate surface area is 112 Å². The smallest absolute Gasteiger partial charge is 0.229 e. The Bertz CT molecular complexity index is 546. The first-order valence-electron chi connectivity index (χ1n) is 6.52. The van der Waals surface area contributed by atoms with Gasteiger partial charge in [-0.15, -0.1) is 0 Å². The summed E-state index contributed by atoms with van der Waals surface area (Å²) in [5.41, 5.74) is 7.86. The normalized spacial score (nSPS) is 14.6. The van der Waals surface area contributed by atoms with E-state index in [-0.39, 0.29) is 0 Å². The first-order valence-corrected chi connectivity index (χ1v) is 6.52. The molecule has 3 rings (SSSR count). The van der Waals surface area contributed by atoms with Gasteiger partial charge in [-0.1, -0.05) is 0 Å². The first-order chi connectivity index (χ1) is 9.31. The van der Waals surface area contributed by atoms with Gasteiger partial charge in [0.05, 0.1) is 0 Å². The molecule has 0 amide bonds. The number of anilines is 4. The summed E-state index contributed by atoms with van der Waals surface area (Å²) in [6.45, 7) is 2.32. The van der Waals surface area contributed by atoms with E-state index in [1.807, 2.05) is 12.1 Å². The Hall–Kier alpha value is -2.30. The minimum Gasteiger partial charge on any atom is -0.384 e. The summed E-state index contributed by atoms with van der Waals surface area (Å²) < 4.78 is 0. The van der Waals surface area contributed by atoms with Crippen LogP contribution in [0.15, 0.2) is 36.5 Å². The molecule has 0 saturated carbocycles. The quantitative estimate of drug-likeness (QED) is 0.881. The van der Waals surface area contributed by atoms with Crippen LogP contribution in [-0.2, 0) is 0 Å². The highest BCUT2D eigenvalue weighted by Gasteiger charge is 2.11. The van der Waals surface area contributed by atoms with Gasteiger partial charge in [0.1, 0.15) is 5.82 Å². The predicted octanol–water partition coefficient (Wildman–Crippen LogP) is 2.40. The molecule has 0 radical (unpaired) electrons. The fraction of sp³-hybridized carbons (Fsp3) is 0.286. The van der Waals surface area contributed by atoms with Crippen LogP contribution in [0.4, 0.5) is 23.1 Å². The van der Waals surface area contributed by atoms with Gasteiger partial charge in [-0.05, 0) is 43.2 Å². The predicted molar refractivity (Wildman–Crippen MR) is 77.6 cm³/mol. The molecule has 3 N–H and O–H groups in total. The van der Waals surface area contributed by atoms with Crippen LogP contribution in [0, 0.1) is 0 Å². The van der Waals surface area contributed by atoms with Crippen molar-refractivity contribution >= 4 is 23.1 Å². The number of nitrogens with one attached hydrogen (secondary N) is 1. The first kappa shape index (κ1) is 11.8. The van der Waals surface area contributed by atoms with E-state index in [9.17, 15) is 0 Å². The molecule has 19 heavy (non-hydrogen) atoms. The van der Waals surface area contributed by atoms with Crippen LogP contribution in [0.25, 0.3) is 0 Å². The molecule has 1 aliphatic heterocycles. The molecule has 1 aromatic carbocycles. The molecule has 5 heteroatoms. The van der Waals surface area contributed by atoms with Gasteiger partial charge in [-0.25, -0.2) is 4.98 Å². The zero-order valence-corrected chi connectivity index (χ0v) is 10.7. The van der Waals surface area contributed by atoms with E-state index in [1.54, 1.807) is 12.3 Å². The monoisotopic (exact) mass is 255 g/mol. The molecule has 0 spiro atoms. The van der Waals surface area contributed by atoms with Crippen LogP contribution in [0.2, 0.25) is 0 Å². The van der Waals surface area contributed by atoms with E-state index in [0.29, 0.717) is 11.8 Å². The summed E-state index contributed by atoms with van der Waals surface area (Å²) in [5.74, 6) is 0.986. The number of nitrogen functional groups attached to an aromatic ring is 1. The van der Waals surface area contributed by atoms with Crippen LogP contribution in [0.3, 0.4) is 0 Å². The third-order valence-corrected chi connectivity index (χ3v) is 3.27. The molecule has 98 valence electrons. The Kier molecular flexibility index (Phi) is 3.18. The molecular weight excluding hydrogens is 238 g/mol. The SMILES string of the molecule is Nc1ccnc(Nc2ccc(N3CCCC3)cc2)n1. The molecule has 2 aromatic rings. The van der Waals surface area contributed by atoms with Crippen molar-refractivity contribution in [2.75, 3.05) is 29.0 Å². The Balaban J connectivity index is 1.72. The van der Waals surface area contributed by atoms with Crippen molar-refractivity contribution in [3.8, 4) is 0 Å². The molecule has 0 unspecified atom stereocenters. The standard InChI is InChI=1S/C14H17N5/c15-13-7-8-16-14(18-13)17-11-3-5-12(6-4-11)19-9-1-2-10-19/h3-8H,1-2,9-10H2,(H3,15,16,17,18). The summed E-state index contributed by atoms with van der Waals surface area (Å²) in [4.78, 5) is 10.6. The molecule has 0 atom stereocenters. The number of nitrogens with zero attached hydrogens (tertiary/aromatic N) is 3. The summed E-state index contributed by atoms with van der Waals surface area (Å²) in [7, 11) is 0. The van der Waals surface area contributed by atoms with E-state index < -0.39 is 0 Å². The van der Waals surface area contributed by atoms with Crippen molar-refractivity contribution in [2.45, 2.75) is 12.8 Å². The molecule has 5 nitrogen and oxygen atoms in total. The van der Waals surface area contributed by atoms with Gasteiger partial charge in [0.15, 0.2) is 0 Å². The van der Waals surface area contributed by atoms with E-state index in [4.69, 9.17) is 5.73 Å². The molecule has 1 aliphatic rings. The third-order valence-electron chi connectivity index (χ3n) is 3.27. The summed E-state index contributed by atoms with van der Waals surface area (Å²) >= 11 is 0. The van der Waals surface area contributed by atoms with Crippen LogP contribution in [0.5, 0.6) is 0 Å². The fourth-order valence-electron chi connectivity index (χ4n) is 2.29. The lowest BCUT2D eigenvalue weighted by atomic mass is 10.2. The Morgan fingerprint density at radius 3 is 2.47 bits per heavy atom. The molecule has 1 saturated heterocycles. The lowest BCUT2D eigenvalue weighted by molar-refractivity contribution is 0.949. The molecule has 0 aliphatic carbocycles. The van der Waals surface area contributed by atoms with Crippen LogP contribution < -0.4 is 16.0 Å². The maximum Gasteiger partial charge on any atom is 0.229 e. The van der Waals surface area contributed by atoms with Crippen molar-refractivity contribution < 1.29 is 0 Å². The zero-order chi connectivity index (χ0) is 13.1. The van der Waals surface area contributed by atoms with Gasteiger partial charge in [-0.2, -0.15) is 4.98 Å². The summed E-state index contributed by atoms with van der Waals surface area (Å²) in [6.07, 6.45) is 4.22. The van der Waals surface area contributed by atoms with Gasteiger partial charge in [-0.3, -0.25) is 0 Å². The second-order valence-electron chi connectivity index (χ2n) is 4.67. The number of aromatic nitrogens is 2. The van der Waals surface area contributed by atoms with Crippen molar-refractivity contribution in [3.05, 3.63) is 36.5 Å². The van der Waals surface area contributed by atoms with E-state index >= 15 is 0 Å². The van der Waals surface area contributed by atoms with Gasteiger partial charge in [0, 0.05) is 30.7 Å². The van der Waals surface area contributed by atoms with Gasteiger partial charge in [0.25, 0.3) is 0 Å². The minimum absolute atomic E-state index is 0.464. The van der Waals surface area contributed by atoms with Crippen molar-refractivity contribution in [2.24, 2.45) is 0 Å². The molecule has 2 heterocycles. The second-order valence-corrected chi connectivity index (χ2v) is 4.67. The van der Waals surface area contributed by atoms with Gasteiger partial charge >= 0.3 is 0 Å². The maximum atomic E-state index is 5.62. The molecule has 1 fully saturated rings. The zero-order valence-electron chi connectivity index (χ0n) is 10.7. The van der Waals surface area contributed by atoms with Crippen LogP contribution in [-0.4, -0.2) is 23.1 Å². The average Bonchev–Trinajstić information content (AvgIpc) is 2.94. The van der Waals surface area contributed by atoms with Crippen LogP contribution in [0.1, 0.15) is 12.8 Å². The van der Waals surface area contributed by atoms with E-state index in [2.05, 4.69) is 32.3 Å². The Morgan fingerprint density at radius 2 is 1.79 bits per heavy atom. The highest BCUT2D eigenvalue weighted by molar-refractivity contribution is 5.59. The van der Waals surface area contributed by atoms with Crippen LogP contribution >= 0.6 is 0 Å². The average molecular weight is 255 g/mol. The highest BCUT2D eigenvalue weighted by atomic mass is 15.1. The minimum atomic E-state index is 0.464. The molecular formula is C14H17N5. The second kappa shape index (κ2) is 5.14. The molecule has 0 bridgehead atoms. The lowest BCUT2D eigenvalue weighted by Gasteiger charge is -2.17. The number of rotatable bonds is 3. The number of hydrogen-bond acceptors (Lipinski definition) is 5. The topological polar surface area (TPSA) is 67.1 Å². The maximum absolute atomic E-state index is 5.62. The number of benzene rings is 1. The van der Waals surface area contributed by atoms with Crippen molar-refractivity contribution in [1.29, 1.82) is 0 Å². The van der Waals surface area contributed by atoms with E-state index in [0.717, 1.165) is 18.8 Å². The van der Waals surface area contributed by atoms with Crippen molar-refractivity contribution in [3.63, 3.8) is 0 Å². The van der Waals surface area contributed by atoms with Gasteiger partial charge < -0.3 is 16.0 Å². The van der Waals surface area contributed by atoms with Gasteiger partial charge in [0.2, 0.25) is 5.95 Å². The lowest BCUT2D eigenvalue weighted by Crippen LogP contribution is -2.17. The van der Waals surface area contributed by atoms with Crippen molar-refractivity contribution in [1.82, 2.24) is 9.97 Å². The number of nitrogens with two attached hydrogens (primary N) is 1. The fourth-order valence-corrected chi connectivity index (χ4v) is 2.29.